The zero-order chi connectivity index (χ0) is 18.7. The van der Waals surface area contributed by atoms with Crippen molar-refractivity contribution in [3.05, 3.63) is 23.8 Å². The fourth-order valence-corrected chi connectivity index (χ4v) is 6.75. The van der Waals surface area contributed by atoms with Crippen molar-refractivity contribution in [3.8, 4) is 0 Å². The Morgan fingerprint density at radius 1 is 1.26 bits per heavy atom. The summed E-state index contributed by atoms with van der Waals surface area (Å²) in [6.45, 7) is 4.43. The van der Waals surface area contributed by atoms with E-state index in [1.165, 1.54) is 5.57 Å². The molecule has 1 N–H and O–H groups in total. The zero-order valence-corrected chi connectivity index (χ0v) is 19.9. The van der Waals surface area contributed by atoms with Gasteiger partial charge in [-0.25, -0.2) is 0 Å². The second kappa shape index (κ2) is 7.48. The van der Waals surface area contributed by atoms with Crippen molar-refractivity contribution in [2.24, 2.45) is 28.6 Å². The molecule has 0 spiro atoms. The van der Waals surface area contributed by atoms with Gasteiger partial charge in [-0.2, -0.15) is 0 Å². The summed E-state index contributed by atoms with van der Waals surface area (Å²) in [4.78, 5) is 22.8. The Bertz CT molecular complexity index is 713. The quantitative estimate of drug-likeness (QED) is 0.518. The maximum atomic E-state index is 11.9. The van der Waals surface area contributed by atoms with E-state index in [1.807, 2.05) is 6.08 Å². The van der Waals surface area contributed by atoms with Crippen molar-refractivity contribution in [2.45, 2.75) is 70.8 Å². The Kier molecular flexibility index (Phi) is 6.07. The second-order valence-electron chi connectivity index (χ2n) is 9.47. The van der Waals surface area contributed by atoms with Gasteiger partial charge in [-0.05, 0) is 74.2 Å². The standard InChI is InChI=1S/C22H30O4.K/c1-20-9-5-15(23)13-14(20)3-4-16-17(20)6-10-21(2)18(16)7-11-22(21,26)12-8-19(24)25;/h6,10,13,16-18,26H,3-5,7-9,11-12H2,1-2H3,(H,24,25);/q;+1/p-1/t16?,17?,18?,20-,21-,22+;/m0./s1. The largest absolute Gasteiger partial charge is 1.00 e. The van der Waals surface area contributed by atoms with Crippen molar-refractivity contribution in [2.75, 3.05) is 0 Å². The molecular weight excluding hydrogens is 367 g/mol. The van der Waals surface area contributed by atoms with Crippen LogP contribution >= 0.6 is 0 Å². The molecule has 0 bridgehead atoms. The molecule has 0 aromatic rings. The number of carboxylic acid groups (broad SMARTS) is 1. The predicted octanol–water partition coefficient (Wildman–Crippen LogP) is -0.440. The number of allylic oxidation sites excluding steroid dienone is 3. The van der Waals surface area contributed by atoms with Crippen molar-refractivity contribution >= 4 is 11.8 Å². The topological polar surface area (TPSA) is 77.4 Å². The third-order valence-corrected chi connectivity index (χ3v) is 8.45. The smallest absolute Gasteiger partial charge is 0.550 e. The van der Waals surface area contributed by atoms with E-state index < -0.39 is 11.6 Å². The predicted molar refractivity (Wildman–Crippen MR) is 95.8 cm³/mol. The molecule has 2 saturated carbocycles. The molecule has 0 aromatic carbocycles. The molecule has 6 atom stereocenters. The van der Waals surface area contributed by atoms with Crippen LogP contribution in [-0.2, 0) is 9.59 Å². The van der Waals surface area contributed by atoms with E-state index in [1.54, 1.807) is 0 Å². The maximum absolute atomic E-state index is 11.9. The van der Waals surface area contributed by atoms with Crippen LogP contribution in [0.15, 0.2) is 23.8 Å². The third-order valence-electron chi connectivity index (χ3n) is 8.45. The minimum absolute atomic E-state index is 0. The van der Waals surface area contributed by atoms with Crippen LogP contribution in [0.5, 0.6) is 0 Å². The van der Waals surface area contributed by atoms with E-state index >= 15 is 0 Å². The van der Waals surface area contributed by atoms with Crippen LogP contribution in [0, 0.1) is 28.6 Å². The Morgan fingerprint density at radius 2 is 2.00 bits per heavy atom. The van der Waals surface area contributed by atoms with Crippen LogP contribution in [0.3, 0.4) is 0 Å². The molecule has 0 radical (unpaired) electrons. The fraction of sp³-hybridized carbons (Fsp3) is 0.727. The van der Waals surface area contributed by atoms with Crippen LogP contribution in [0.4, 0.5) is 0 Å². The minimum Gasteiger partial charge on any atom is -0.550 e. The first-order valence-corrected chi connectivity index (χ1v) is 10.1. The molecule has 0 aromatic heterocycles. The molecule has 5 heteroatoms. The molecular formula is C22H29KO4. The van der Waals surface area contributed by atoms with Gasteiger partial charge in [-0.3, -0.25) is 4.79 Å². The summed E-state index contributed by atoms with van der Waals surface area (Å²) in [6.07, 6.45) is 11.7. The fourth-order valence-electron chi connectivity index (χ4n) is 6.75. The van der Waals surface area contributed by atoms with E-state index in [2.05, 4.69) is 26.0 Å². The van der Waals surface area contributed by atoms with Crippen molar-refractivity contribution < 1.29 is 71.2 Å². The van der Waals surface area contributed by atoms with Gasteiger partial charge in [0.2, 0.25) is 0 Å². The van der Waals surface area contributed by atoms with Crippen molar-refractivity contribution in [1.82, 2.24) is 0 Å². The summed E-state index contributed by atoms with van der Waals surface area (Å²) in [7, 11) is 0. The van der Waals surface area contributed by atoms with E-state index in [0.29, 0.717) is 30.6 Å². The van der Waals surface area contributed by atoms with E-state index in [0.717, 1.165) is 25.7 Å². The number of aliphatic hydroxyl groups is 1. The Morgan fingerprint density at radius 3 is 2.70 bits per heavy atom. The molecule has 0 aliphatic heterocycles. The number of carbonyl (C=O) groups excluding carboxylic acids is 2. The van der Waals surface area contributed by atoms with Gasteiger partial charge in [0.1, 0.15) is 0 Å². The van der Waals surface area contributed by atoms with Crippen LogP contribution in [0.1, 0.15) is 65.2 Å². The summed E-state index contributed by atoms with van der Waals surface area (Å²) in [5, 5.41) is 22.3. The first kappa shape index (κ1) is 21.9. The zero-order valence-electron chi connectivity index (χ0n) is 16.8. The van der Waals surface area contributed by atoms with Gasteiger partial charge in [-0.1, -0.05) is 31.6 Å². The van der Waals surface area contributed by atoms with Crippen molar-refractivity contribution in [1.29, 1.82) is 0 Å². The molecule has 3 unspecified atom stereocenters. The number of hydrogen-bond acceptors (Lipinski definition) is 4. The first-order chi connectivity index (χ1) is 12.2. The molecule has 0 heterocycles. The van der Waals surface area contributed by atoms with Crippen LogP contribution < -0.4 is 56.5 Å². The summed E-state index contributed by atoms with van der Waals surface area (Å²) in [6, 6.07) is 0. The number of carboxylic acids is 1. The molecule has 4 aliphatic carbocycles. The number of hydrogen-bond donors (Lipinski definition) is 1. The van der Waals surface area contributed by atoms with E-state index in [4.69, 9.17) is 0 Å². The van der Waals surface area contributed by atoms with E-state index in [9.17, 15) is 19.8 Å². The molecule has 4 nitrogen and oxygen atoms in total. The monoisotopic (exact) mass is 396 g/mol. The molecule has 4 rings (SSSR count). The Balaban J connectivity index is 0.00000210. The van der Waals surface area contributed by atoms with Gasteiger partial charge in [0, 0.05) is 17.8 Å². The Hall–Kier alpha value is 0.216. The minimum atomic E-state index is -1.09. The van der Waals surface area contributed by atoms with Gasteiger partial charge < -0.3 is 15.0 Å². The molecule has 4 aliphatic rings. The normalized spacial score (nSPS) is 45.2. The summed E-state index contributed by atoms with van der Waals surface area (Å²) < 4.78 is 0. The number of rotatable bonds is 3. The van der Waals surface area contributed by atoms with Crippen molar-refractivity contribution in [3.63, 3.8) is 0 Å². The maximum Gasteiger partial charge on any atom is 1.00 e. The second-order valence-corrected chi connectivity index (χ2v) is 9.47. The number of aliphatic carboxylic acids is 1. The summed E-state index contributed by atoms with van der Waals surface area (Å²) in [5.41, 5.74) is 0.0404. The molecule has 0 saturated heterocycles. The van der Waals surface area contributed by atoms with Crippen LogP contribution in [0.25, 0.3) is 0 Å². The van der Waals surface area contributed by atoms with Gasteiger partial charge in [0.25, 0.3) is 0 Å². The number of carbonyl (C=O) groups is 2. The molecule has 0 amide bonds. The summed E-state index contributed by atoms with van der Waals surface area (Å²) >= 11 is 0. The average molecular weight is 397 g/mol. The third kappa shape index (κ3) is 3.30. The van der Waals surface area contributed by atoms with Gasteiger partial charge >= 0.3 is 51.4 Å². The SMILES string of the molecule is C[C@]12CCC(=O)C=C1CCC1C2C=C[C@@]2(C)C1CC[C@@]2(O)CCC(=O)[O-].[K+]. The molecule has 27 heavy (non-hydrogen) atoms. The average Bonchev–Trinajstić information content (AvgIpc) is 2.86. The van der Waals surface area contributed by atoms with Crippen LogP contribution in [0.2, 0.25) is 0 Å². The van der Waals surface area contributed by atoms with Gasteiger partial charge in [-0.15, -0.1) is 0 Å². The molecule has 2 fully saturated rings. The van der Waals surface area contributed by atoms with Gasteiger partial charge in [0.05, 0.1) is 5.60 Å². The first-order valence-electron chi connectivity index (χ1n) is 10.1. The van der Waals surface area contributed by atoms with Crippen LogP contribution in [-0.4, -0.2) is 22.5 Å². The van der Waals surface area contributed by atoms with Gasteiger partial charge in [0.15, 0.2) is 5.78 Å². The summed E-state index contributed by atoms with van der Waals surface area (Å²) in [5.74, 6) is 0.461. The number of ketones is 1. The van der Waals surface area contributed by atoms with E-state index in [-0.39, 0.29) is 80.8 Å². The Labute approximate surface area is 204 Å². The number of fused-ring (bicyclic) bond motifs is 5. The molecule has 142 valence electrons.